The maximum atomic E-state index is 11.8. The van der Waals surface area contributed by atoms with E-state index in [0.717, 1.165) is 36.3 Å². The highest BCUT2D eigenvalue weighted by atomic mass is 32.1. The first-order chi connectivity index (χ1) is 9.11. The van der Waals surface area contributed by atoms with E-state index in [9.17, 15) is 4.79 Å². The molecule has 0 atom stereocenters. The van der Waals surface area contributed by atoms with Gasteiger partial charge in [0.25, 0.3) is 5.56 Å². The highest BCUT2D eigenvalue weighted by Gasteiger charge is 2.17. The predicted molar refractivity (Wildman–Crippen MR) is 75.5 cm³/mol. The lowest BCUT2D eigenvalue weighted by atomic mass is 9.99. The summed E-state index contributed by atoms with van der Waals surface area (Å²) >= 11 is 1.52. The van der Waals surface area contributed by atoms with Gasteiger partial charge < -0.3 is 0 Å². The van der Waals surface area contributed by atoms with Crippen LogP contribution < -0.4 is 5.56 Å². The van der Waals surface area contributed by atoms with Crippen LogP contribution in [0, 0.1) is 12.8 Å². The fraction of sp³-hybridized carbons (Fsp3) is 0.615. The van der Waals surface area contributed by atoms with Gasteiger partial charge >= 0.3 is 0 Å². The van der Waals surface area contributed by atoms with Crippen molar-refractivity contribution in [2.24, 2.45) is 5.92 Å². The molecule has 3 rings (SSSR count). The molecular weight excluding hydrogens is 260 g/mol. The molecule has 2 aromatic rings. The SMILES string of the molecule is Cc1cc(=O)n2nc(CN3CCC(C)CC3)sc2n1. The highest BCUT2D eigenvalue weighted by Crippen LogP contribution is 2.19. The third-order valence-corrected chi connectivity index (χ3v) is 4.54. The summed E-state index contributed by atoms with van der Waals surface area (Å²) in [5, 5.41) is 5.36. The maximum absolute atomic E-state index is 11.8. The van der Waals surface area contributed by atoms with E-state index < -0.39 is 0 Å². The lowest BCUT2D eigenvalue weighted by molar-refractivity contribution is 0.184. The zero-order chi connectivity index (χ0) is 13.4. The van der Waals surface area contributed by atoms with Gasteiger partial charge in [-0.15, -0.1) is 0 Å². The molecule has 0 radical (unpaired) electrons. The van der Waals surface area contributed by atoms with Gasteiger partial charge in [0.1, 0.15) is 5.01 Å². The quantitative estimate of drug-likeness (QED) is 0.839. The van der Waals surface area contributed by atoms with Crippen LogP contribution in [0.1, 0.15) is 30.5 Å². The van der Waals surface area contributed by atoms with Crippen molar-refractivity contribution in [1.82, 2.24) is 19.5 Å². The zero-order valence-electron chi connectivity index (χ0n) is 11.3. The summed E-state index contributed by atoms with van der Waals surface area (Å²) in [6.07, 6.45) is 2.50. The molecule has 19 heavy (non-hydrogen) atoms. The Balaban J connectivity index is 1.82. The summed E-state index contributed by atoms with van der Waals surface area (Å²) in [5.74, 6) is 0.832. The van der Waals surface area contributed by atoms with Gasteiger partial charge in [-0.1, -0.05) is 18.3 Å². The number of hydrogen-bond donors (Lipinski definition) is 0. The summed E-state index contributed by atoms with van der Waals surface area (Å²) in [5.41, 5.74) is 0.671. The number of aryl methyl sites for hydroxylation is 1. The minimum absolute atomic E-state index is 0.0859. The Bertz CT molecular complexity index is 640. The van der Waals surface area contributed by atoms with Gasteiger partial charge in [0.2, 0.25) is 4.96 Å². The number of nitrogens with zero attached hydrogens (tertiary/aromatic N) is 4. The molecule has 0 aromatic carbocycles. The van der Waals surface area contributed by atoms with Crippen LogP contribution in [0.15, 0.2) is 10.9 Å². The first-order valence-electron chi connectivity index (χ1n) is 6.70. The maximum Gasteiger partial charge on any atom is 0.275 e. The van der Waals surface area contributed by atoms with Gasteiger partial charge in [0.15, 0.2) is 0 Å². The standard InChI is InChI=1S/C13H18N4OS/c1-9-3-5-16(6-4-9)8-11-15-17-12(18)7-10(2)14-13(17)19-11/h7,9H,3-6,8H2,1-2H3. The number of hydrogen-bond acceptors (Lipinski definition) is 5. The van der Waals surface area contributed by atoms with Gasteiger partial charge in [-0.2, -0.15) is 9.61 Å². The lowest BCUT2D eigenvalue weighted by Gasteiger charge is -2.29. The Morgan fingerprint density at radius 1 is 1.42 bits per heavy atom. The van der Waals surface area contributed by atoms with E-state index in [-0.39, 0.29) is 5.56 Å². The molecule has 0 bridgehead atoms. The third kappa shape index (κ3) is 2.69. The number of likely N-dealkylation sites (tertiary alicyclic amines) is 1. The van der Waals surface area contributed by atoms with Crippen LogP contribution >= 0.6 is 11.3 Å². The van der Waals surface area contributed by atoms with Crippen LogP contribution in [0.25, 0.3) is 4.96 Å². The first-order valence-corrected chi connectivity index (χ1v) is 7.52. The van der Waals surface area contributed by atoms with Crippen LogP contribution in [0.5, 0.6) is 0 Å². The molecular formula is C13H18N4OS. The van der Waals surface area contributed by atoms with Crippen molar-refractivity contribution in [1.29, 1.82) is 0 Å². The Morgan fingerprint density at radius 3 is 2.89 bits per heavy atom. The van der Waals surface area contributed by atoms with Crippen molar-refractivity contribution in [2.45, 2.75) is 33.2 Å². The average Bonchev–Trinajstić information content (AvgIpc) is 2.75. The average molecular weight is 278 g/mol. The molecule has 0 amide bonds. The molecule has 6 heteroatoms. The Hall–Kier alpha value is -1.27. The topological polar surface area (TPSA) is 50.5 Å². The van der Waals surface area contributed by atoms with Crippen LogP contribution in [0.2, 0.25) is 0 Å². The van der Waals surface area contributed by atoms with E-state index in [2.05, 4.69) is 21.9 Å². The summed E-state index contributed by atoms with van der Waals surface area (Å²) in [6.45, 7) is 7.23. The van der Waals surface area contributed by atoms with Crippen molar-refractivity contribution in [3.63, 3.8) is 0 Å². The summed E-state index contributed by atoms with van der Waals surface area (Å²) in [6, 6.07) is 1.53. The fourth-order valence-electron chi connectivity index (χ4n) is 2.44. The fourth-order valence-corrected chi connectivity index (χ4v) is 3.42. The zero-order valence-corrected chi connectivity index (χ0v) is 12.1. The van der Waals surface area contributed by atoms with Crippen molar-refractivity contribution < 1.29 is 0 Å². The van der Waals surface area contributed by atoms with Gasteiger partial charge in [0.05, 0.1) is 6.54 Å². The molecule has 0 unspecified atom stereocenters. The van der Waals surface area contributed by atoms with Gasteiger partial charge in [-0.05, 0) is 38.8 Å². The molecule has 3 heterocycles. The highest BCUT2D eigenvalue weighted by molar-refractivity contribution is 7.16. The molecule has 0 spiro atoms. The monoisotopic (exact) mass is 278 g/mol. The molecule has 1 saturated heterocycles. The van der Waals surface area contributed by atoms with E-state index in [0.29, 0.717) is 4.96 Å². The second-order valence-electron chi connectivity index (χ2n) is 5.38. The third-order valence-electron chi connectivity index (χ3n) is 3.65. The smallest absolute Gasteiger partial charge is 0.275 e. The summed E-state index contributed by atoms with van der Waals surface area (Å²) < 4.78 is 1.42. The van der Waals surface area contributed by atoms with E-state index >= 15 is 0 Å². The number of rotatable bonds is 2. The van der Waals surface area contributed by atoms with Crippen molar-refractivity contribution in [3.05, 3.63) is 27.1 Å². The molecule has 1 fully saturated rings. The van der Waals surface area contributed by atoms with Crippen molar-refractivity contribution in [3.8, 4) is 0 Å². The molecule has 0 saturated carbocycles. The van der Waals surface area contributed by atoms with Gasteiger partial charge in [-0.3, -0.25) is 9.69 Å². The van der Waals surface area contributed by atoms with Gasteiger partial charge in [0, 0.05) is 11.8 Å². The Morgan fingerprint density at radius 2 is 2.16 bits per heavy atom. The van der Waals surface area contributed by atoms with E-state index in [4.69, 9.17) is 0 Å². The van der Waals surface area contributed by atoms with E-state index in [1.165, 1.54) is 34.8 Å². The van der Waals surface area contributed by atoms with Crippen LogP contribution in [-0.2, 0) is 6.54 Å². The van der Waals surface area contributed by atoms with Crippen molar-refractivity contribution in [2.75, 3.05) is 13.1 Å². The number of fused-ring (bicyclic) bond motifs is 1. The van der Waals surface area contributed by atoms with E-state index in [1.54, 1.807) is 0 Å². The van der Waals surface area contributed by atoms with E-state index in [1.807, 2.05) is 6.92 Å². The molecule has 2 aromatic heterocycles. The van der Waals surface area contributed by atoms with Crippen LogP contribution in [0.4, 0.5) is 0 Å². The second kappa shape index (κ2) is 5.02. The molecule has 1 aliphatic heterocycles. The largest absolute Gasteiger partial charge is 0.297 e. The lowest BCUT2D eigenvalue weighted by Crippen LogP contribution is -2.32. The minimum Gasteiger partial charge on any atom is -0.297 e. The summed E-state index contributed by atoms with van der Waals surface area (Å²) in [7, 11) is 0. The Kier molecular flexibility index (Phi) is 3.36. The number of aromatic nitrogens is 3. The van der Waals surface area contributed by atoms with Crippen LogP contribution in [0.3, 0.4) is 0 Å². The van der Waals surface area contributed by atoms with Gasteiger partial charge in [-0.25, -0.2) is 4.98 Å². The Labute approximate surface area is 115 Å². The van der Waals surface area contributed by atoms with Crippen LogP contribution in [-0.4, -0.2) is 32.6 Å². The molecule has 102 valence electrons. The molecule has 5 nitrogen and oxygen atoms in total. The molecule has 1 aliphatic rings. The predicted octanol–water partition coefficient (Wildman–Crippen LogP) is 1.69. The first kappa shape index (κ1) is 12.7. The summed E-state index contributed by atoms with van der Waals surface area (Å²) in [4.78, 5) is 19.3. The normalized spacial score (nSPS) is 18.2. The number of piperidine rings is 1. The second-order valence-corrected chi connectivity index (χ2v) is 6.43. The minimum atomic E-state index is -0.0859. The molecule has 0 aliphatic carbocycles. The van der Waals surface area contributed by atoms with Crippen molar-refractivity contribution >= 4 is 16.3 Å². The molecule has 0 N–H and O–H groups in total.